The van der Waals surface area contributed by atoms with E-state index in [1.54, 1.807) is 7.11 Å². The maximum atomic E-state index is 11.9. The summed E-state index contributed by atoms with van der Waals surface area (Å²) >= 11 is 0. The fourth-order valence-corrected chi connectivity index (χ4v) is 3.10. The summed E-state index contributed by atoms with van der Waals surface area (Å²) < 4.78 is 10.0. The average Bonchev–Trinajstić information content (AvgIpc) is 3.01. The first-order chi connectivity index (χ1) is 12.1. The Labute approximate surface area is 173 Å². The van der Waals surface area contributed by atoms with Crippen LogP contribution in [0.15, 0.2) is 29.3 Å². The summed E-state index contributed by atoms with van der Waals surface area (Å²) in [5.74, 6) is 0.869. The van der Waals surface area contributed by atoms with Gasteiger partial charge in [0.25, 0.3) is 0 Å². The summed E-state index contributed by atoms with van der Waals surface area (Å²) in [6.07, 6.45) is 0. The van der Waals surface area contributed by atoms with Crippen molar-refractivity contribution in [1.29, 1.82) is 0 Å². The molecule has 0 radical (unpaired) electrons. The monoisotopic (exact) mass is 475 g/mol. The largest absolute Gasteiger partial charge is 0.469 e. The lowest BCUT2D eigenvalue weighted by molar-refractivity contribution is -0.145. The first kappa shape index (κ1) is 22.7. The maximum Gasteiger partial charge on any atom is 0.310 e. The Morgan fingerprint density at radius 2 is 1.88 bits per heavy atom. The van der Waals surface area contributed by atoms with Crippen molar-refractivity contribution in [2.75, 3.05) is 33.9 Å². The van der Waals surface area contributed by atoms with Crippen LogP contribution in [0.4, 0.5) is 0 Å². The molecule has 7 heteroatoms. The number of hydrogen-bond acceptors (Lipinski definition) is 4. The van der Waals surface area contributed by atoms with Gasteiger partial charge in [0.05, 0.1) is 26.2 Å². The maximum absolute atomic E-state index is 11.9. The van der Waals surface area contributed by atoms with Gasteiger partial charge in [0, 0.05) is 26.7 Å². The highest BCUT2D eigenvalue weighted by Crippen LogP contribution is 2.24. The molecule has 0 spiro atoms. The number of guanidine groups is 1. The van der Waals surface area contributed by atoms with Crippen LogP contribution in [-0.2, 0) is 27.4 Å². The van der Waals surface area contributed by atoms with Gasteiger partial charge < -0.3 is 19.7 Å². The first-order valence-corrected chi connectivity index (χ1v) is 8.76. The van der Waals surface area contributed by atoms with Gasteiger partial charge in [0.2, 0.25) is 0 Å². The Bertz CT molecular complexity index is 592. The third-order valence-electron chi connectivity index (χ3n) is 4.50. The molecule has 1 aliphatic heterocycles. The predicted octanol–water partition coefficient (Wildman–Crippen LogP) is 2.66. The summed E-state index contributed by atoms with van der Waals surface area (Å²) in [6, 6.07) is 8.27. The number of benzene rings is 1. The highest BCUT2D eigenvalue weighted by Gasteiger charge is 2.36. The normalized spacial score (nSPS) is 19.8. The molecule has 2 unspecified atom stereocenters. The molecule has 0 aliphatic carbocycles. The molecule has 2 rings (SSSR count). The van der Waals surface area contributed by atoms with E-state index < -0.39 is 0 Å². The molecule has 1 saturated heterocycles. The van der Waals surface area contributed by atoms with E-state index in [0.717, 1.165) is 30.2 Å². The van der Waals surface area contributed by atoms with Gasteiger partial charge in [0.15, 0.2) is 5.96 Å². The van der Waals surface area contributed by atoms with Crippen molar-refractivity contribution in [1.82, 2.24) is 10.2 Å². The van der Waals surface area contributed by atoms with E-state index in [9.17, 15) is 4.79 Å². The zero-order valence-corrected chi connectivity index (χ0v) is 18.4. The molecule has 0 amide bonds. The number of aliphatic imine (C=N–C) groups is 1. The number of likely N-dealkylation sites (tertiary alicyclic amines) is 1. The number of carbonyl (C=O) groups is 1. The van der Waals surface area contributed by atoms with Gasteiger partial charge in [-0.05, 0) is 24.0 Å². The second-order valence-electron chi connectivity index (χ2n) is 6.43. The quantitative estimate of drug-likeness (QED) is 0.297. The van der Waals surface area contributed by atoms with Crippen LogP contribution in [-0.4, -0.2) is 50.7 Å². The molecule has 1 aromatic rings. The molecule has 1 heterocycles. The van der Waals surface area contributed by atoms with E-state index in [1.165, 1.54) is 7.11 Å². The molecule has 0 bridgehead atoms. The highest BCUT2D eigenvalue weighted by atomic mass is 127. The van der Waals surface area contributed by atoms with Crippen LogP contribution < -0.4 is 5.32 Å². The Balaban J connectivity index is 0.00000338. The Morgan fingerprint density at radius 1 is 1.23 bits per heavy atom. The number of rotatable bonds is 6. The summed E-state index contributed by atoms with van der Waals surface area (Å²) in [4.78, 5) is 18.8. The standard InChI is InChI=1S/C19H29N3O3.HI/c1-5-20-19(22-11-14(2)17(12-22)18(23)25-4)21-10-15-6-8-16(9-7-15)13-24-3;/h6-9,14,17H,5,10-13H2,1-4H3,(H,20,21);1H. The molecular weight excluding hydrogens is 445 g/mol. The van der Waals surface area contributed by atoms with Gasteiger partial charge in [-0.2, -0.15) is 0 Å². The van der Waals surface area contributed by atoms with Crippen molar-refractivity contribution in [3.05, 3.63) is 35.4 Å². The molecule has 1 aromatic carbocycles. The number of ether oxygens (including phenoxy) is 2. The van der Waals surface area contributed by atoms with Crippen molar-refractivity contribution in [3.8, 4) is 0 Å². The Kier molecular flexibility index (Phi) is 9.93. The van der Waals surface area contributed by atoms with Crippen LogP contribution in [0.2, 0.25) is 0 Å². The van der Waals surface area contributed by atoms with Gasteiger partial charge in [0.1, 0.15) is 0 Å². The van der Waals surface area contributed by atoms with Crippen LogP contribution in [0.1, 0.15) is 25.0 Å². The lowest BCUT2D eigenvalue weighted by atomic mass is 9.99. The number of carbonyl (C=O) groups excluding carboxylic acids is 1. The SMILES string of the molecule is CCNC(=NCc1ccc(COC)cc1)N1CC(C)C(C(=O)OC)C1.I. The number of methoxy groups -OCH3 is 2. The third-order valence-corrected chi connectivity index (χ3v) is 4.50. The van der Waals surface area contributed by atoms with Gasteiger partial charge in [-0.1, -0.05) is 31.2 Å². The molecule has 146 valence electrons. The van der Waals surface area contributed by atoms with E-state index in [0.29, 0.717) is 19.7 Å². The van der Waals surface area contributed by atoms with Crippen molar-refractivity contribution < 1.29 is 14.3 Å². The molecule has 1 aliphatic rings. The van der Waals surface area contributed by atoms with Crippen LogP contribution >= 0.6 is 24.0 Å². The molecular formula is C19H30IN3O3. The van der Waals surface area contributed by atoms with Crippen LogP contribution in [0, 0.1) is 11.8 Å². The van der Waals surface area contributed by atoms with Crippen LogP contribution in [0.25, 0.3) is 0 Å². The minimum absolute atomic E-state index is 0. The van der Waals surface area contributed by atoms with Crippen molar-refractivity contribution >= 4 is 35.9 Å². The molecule has 26 heavy (non-hydrogen) atoms. The molecule has 0 saturated carbocycles. The van der Waals surface area contributed by atoms with E-state index in [1.807, 2.05) is 6.92 Å². The Hall–Kier alpha value is -1.35. The number of nitrogens with zero attached hydrogens (tertiary/aromatic N) is 2. The van der Waals surface area contributed by atoms with Gasteiger partial charge in [-0.3, -0.25) is 4.79 Å². The second-order valence-corrected chi connectivity index (χ2v) is 6.43. The van der Waals surface area contributed by atoms with Crippen LogP contribution in [0.5, 0.6) is 0 Å². The molecule has 2 atom stereocenters. The molecule has 1 fully saturated rings. The molecule has 0 aromatic heterocycles. The van der Waals surface area contributed by atoms with E-state index in [4.69, 9.17) is 14.5 Å². The van der Waals surface area contributed by atoms with Crippen molar-refractivity contribution in [3.63, 3.8) is 0 Å². The molecule has 1 N–H and O–H groups in total. The zero-order chi connectivity index (χ0) is 18.2. The van der Waals surface area contributed by atoms with Gasteiger partial charge in [-0.25, -0.2) is 4.99 Å². The van der Waals surface area contributed by atoms with E-state index >= 15 is 0 Å². The summed E-state index contributed by atoms with van der Waals surface area (Å²) in [5.41, 5.74) is 2.29. The van der Waals surface area contributed by atoms with Crippen molar-refractivity contribution in [2.24, 2.45) is 16.8 Å². The summed E-state index contributed by atoms with van der Waals surface area (Å²) in [7, 11) is 3.14. The lowest BCUT2D eigenvalue weighted by Gasteiger charge is -2.21. The second kappa shape index (κ2) is 11.4. The van der Waals surface area contributed by atoms with Gasteiger partial charge in [-0.15, -0.1) is 24.0 Å². The van der Waals surface area contributed by atoms with Crippen molar-refractivity contribution in [2.45, 2.75) is 27.0 Å². The zero-order valence-electron chi connectivity index (χ0n) is 16.0. The fourth-order valence-electron chi connectivity index (χ4n) is 3.10. The number of nitrogens with one attached hydrogen (secondary N) is 1. The number of halogens is 1. The topological polar surface area (TPSA) is 63.2 Å². The summed E-state index contributed by atoms with van der Waals surface area (Å²) in [5, 5.41) is 3.33. The fraction of sp³-hybridized carbons (Fsp3) is 0.579. The summed E-state index contributed by atoms with van der Waals surface area (Å²) in [6.45, 7) is 7.59. The van der Waals surface area contributed by atoms with E-state index in [2.05, 4.69) is 41.4 Å². The average molecular weight is 475 g/mol. The number of esters is 1. The first-order valence-electron chi connectivity index (χ1n) is 8.76. The molecule has 6 nitrogen and oxygen atoms in total. The Morgan fingerprint density at radius 3 is 2.46 bits per heavy atom. The minimum Gasteiger partial charge on any atom is -0.469 e. The third kappa shape index (κ3) is 6.12. The smallest absolute Gasteiger partial charge is 0.310 e. The number of hydrogen-bond donors (Lipinski definition) is 1. The minimum atomic E-state index is -0.139. The lowest BCUT2D eigenvalue weighted by Crippen LogP contribution is -2.40. The highest BCUT2D eigenvalue weighted by molar-refractivity contribution is 14.0. The van der Waals surface area contributed by atoms with Gasteiger partial charge >= 0.3 is 5.97 Å². The van der Waals surface area contributed by atoms with E-state index in [-0.39, 0.29) is 41.8 Å². The van der Waals surface area contributed by atoms with Crippen LogP contribution in [0.3, 0.4) is 0 Å². The predicted molar refractivity (Wildman–Crippen MR) is 114 cm³/mol.